The zero-order chi connectivity index (χ0) is 26.4. The van der Waals surface area contributed by atoms with Crippen molar-refractivity contribution >= 4 is 42.6 Å². The maximum absolute atomic E-state index is 13.7. The molecule has 37 heavy (non-hydrogen) atoms. The topological polar surface area (TPSA) is 83.0 Å². The van der Waals surface area contributed by atoms with Gasteiger partial charge in [0.1, 0.15) is 0 Å². The quantitative estimate of drug-likeness (QED) is 0.359. The molecule has 0 bridgehead atoms. The molecular weight excluding hydrogens is 508 g/mol. The van der Waals surface area contributed by atoms with Gasteiger partial charge in [0, 0.05) is 44.8 Å². The number of fused-ring (bicyclic) bond motifs is 1. The molecule has 1 aliphatic heterocycles. The third-order valence-corrected chi connectivity index (χ3v) is 9.84. The highest BCUT2D eigenvalue weighted by Crippen LogP contribution is 2.31. The monoisotopic (exact) mass is 544 g/mol. The minimum atomic E-state index is -3.58. The number of aryl methyl sites for hydroxylation is 1. The standard InChI is InChI=1S/C27H36N4O4S2/c1-4-21-8-13-24-25(20-21)36-27(28-24)31(15-7-14-29-16-18-35-19-17-29)26(32)22-9-11-23(12-10-22)37(33,34)30(5-2)6-3/h8-13,20H,4-7,14-19H2,1-3H3. The van der Waals surface area contributed by atoms with Gasteiger partial charge in [0.25, 0.3) is 5.91 Å². The predicted molar refractivity (Wildman–Crippen MR) is 149 cm³/mol. The maximum Gasteiger partial charge on any atom is 0.260 e. The summed E-state index contributed by atoms with van der Waals surface area (Å²) in [4.78, 5) is 22.8. The number of thiazole rings is 1. The van der Waals surface area contributed by atoms with Gasteiger partial charge < -0.3 is 4.74 Å². The molecule has 1 saturated heterocycles. The number of aromatic nitrogens is 1. The number of anilines is 1. The Hall–Kier alpha value is -2.37. The summed E-state index contributed by atoms with van der Waals surface area (Å²) in [6.07, 6.45) is 1.74. The lowest BCUT2D eigenvalue weighted by Gasteiger charge is -2.27. The zero-order valence-electron chi connectivity index (χ0n) is 21.9. The number of carbonyl (C=O) groups is 1. The Bertz CT molecular complexity index is 1300. The Morgan fingerprint density at radius 2 is 1.76 bits per heavy atom. The number of hydrogen-bond donors (Lipinski definition) is 0. The molecule has 0 N–H and O–H groups in total. The molecule has 4 rings (SSSR count). The highest BCUT2D eigenvalue weighted by atomic mass is 32.2. The van der Waals surface area contributed by atoms with Crippen molar-refractivity contribution in [2.75, 3.05) is 57.4 Å². The van der Waals surface area contributed by atoms with Crippen LogP contribution in [0.4, 0.5) is 5.13 Å². The first-order chi connectivity index (χ1) is 17.9. The van der Waals surface area contributed by atoms with Gasteiger partial charge in [0.15, 0.2) is 5.13 Å². The number of benzene rings is 2. The number of ether oxygens (including phenoxy) is 1. The Kier molecular flexibility index (Phi) is 9.31. The van der Waals surface area contributed by atoms with Crippen molar-refractivity contribution in [3.05, 3.63) is 53.6 Å². The summed E-state index contributed by atoms with van der Waals surface area (Å²) in [7, 11) is -3.58. The summed E-state index contributed by atoms with van der Waals surface area (Å²) < 4.78 is 33.7. The van der Waals surface area contributed by atoms with Gasteiger partial charge in [0.2, 0.25) is 10.0 Å². The predicted octanol–water partition coefficient (Wildman–Crippen LogP) is 4.26. The highest BCUT2D eigenvalue weighted by Gasteiger charge is 2.25. The number of carbonyl (C=O) groups excluding carboxylic acids is 1. The van der Waals surface area contributed by atoms with Gasteiger partial charge >= 0.3 is 0 Å². The van der Waals surface area contributed by atoms with E-state index in [0.29, 0.717) is 30.3 Å². The molecule has 8 nitrogen and oxygen atoms in total. The Balaban J connectivity index is 1.59. The third kappa shape index (κ3) is 6.38. The fourth-order valence-corrected chi connectivity index (χ4v) is 7.00. The molecule has 2 heterocycles. The second kappa shape index (κ2) is 12.4. The highest BCUT2D eigenvalue weighted by molar-refractivity contribution is 7.89. The number of sulfonamides is 1. The third-order valence-electron chi connectivity index (χ3n) is 6.73. The lowest BCUT2D eigenvalue weighted by atomic mass is 10.2. The van der Waals surface area contributed by atoms with E-state index >= 15 is 0 Å². The summed E-state index contributed by atoms with van der Waals surface area (Å²) in [5, 5.41) is 0.662. The van der Waals surface area contributed by atoms with Gasteiger partial charge in [-0.1, -0.05) is 38.2 Å². The van der Waals surface area contributed by atoms with Crippen molar-refractivity contribution in [3.8, 4) is 0 Å². The van der Waals surface area contributed by atoms with Crippen LogP contribution in [0.2, 0.25) is 0 Å². The van der Waals surface area contributed by atoms with Gasteiger partial charge in [-0.15, -0.1) is 0 Å². The zero-order valence-corrected chi connectivity index (χ0v) is 23.5. The van der Waals surface area contributed by atoms with Gasteiger partial charge in [-0.2, -0.15) is 4.31 Å². The van der Waals surface area contributed by atoms with E-state index in [1.54, 1.807) is 17.0 Å². The Morgan fingerprint density at radius 1 is 1.05 bits per heavy atom. The molecule has 1 aliphatic rings. The summed E-state index contributed by atoms with van der Waals surface area (Å²) in [5.41, 5.74) is 2.56. The number of amides is 1. The molecular formula is C27H36N4O4S2. The van der Waals surface area contributed by atoms with Crippen molar-refractivity contribution < 1.29 is 17.9 Å². The second-order valence-electron chi connectivity index (χ2n) is 9.03. The van der Waals surface area contributed by atoms with E-state index in [4.69, 9.17) is 9.72 Å². The number of rotatable bonds is 11. The number of nitrogens with zero attached hydrogens (tertiary/aromatic N) is 4. The van der Waals surface area contributed by atoms with Crippen molar-refractivity contribution in [1.29, 1.82) is 0 Å². The average Bonchev–Trinajstić information content (AvgIpc) is 3.35. The molecule has 0 atom stereocenters. The molecule has 0 unspecified atom stereocenters. The van der Waals surface area contributed by atoms with E-state index in [1.807, 2.05) is 19.9 Å². The molecule has 1 fully saturated rings. The van der Waals surface area contributed by atoms with E-state index in [0.717, 1.165) is 55.9 Å². The van der Waals surface area contributed by atoms with Crippen molar-refractivity contribution in [3.63, 3.8) is 0 Å². The lowest BCUT2D eigenvalue weighted by Crippen LogP contribution is -2.39. The largest absolute Gasteiger partial charge is 0.379 e. The molecule has 0 radical (unpaired) electrons. The van der Waals surface area contributed by atoms with Gasteiger partial charge in [0.05, 0.1) is 28.3 Å². The first-order valence-electron chi connectivity index (χ1n) is 13.0. The maximum atomic E-state index is 13.7. The van der Waals surface area contributed by atoms with Crippen LogP contribution in [0.15, 0.2) is 47.4 Å². The van der Waals surface area contributed by atoms with Crippen LogP contribution in [0, 0.1) is 0 Å². The van der Waals surface area contributed by atoms with Gasteiger partial charge in [-0.05, 0) is 54.8 Å². The van der Waals surface area contributed by atoms with Crippen molar-refractivity contribution in [1.82, 2.24) is 14.2 Å². The Morgan fingerprint density at radius 3 is 2.41 bits per heavy atom. The van der Waals surface area contributed by atoms with Crippen LogP contribution in [0.5, 0.6) is 0 Å². The van der Waals surface area contributed by atoms with E-state index in [9.17, 15) is 13.2 Å². The van der Waals surface area contributed by atoms with E-state index in [2.05, 4.69) is 24.0 Å². The molecule has 2 aromatic carbocycles. The SMILES string of the molecule is CCc1ccc2nc(N(CCCN3CCOCC3)C(=O)c3ccc(S(=O)(=O)N(CC)CC)cc3)sc2c1. The molecule has 10 heteroatoms. The number of morpholine rings is 1. The fraction of sp³-hybridized carbons (Fsp3) is 0.481. The molecule has 0 saturated carbocycles. The van der Waals surface area contributed by atoms with E-state index in [-0.39, 0.29) is 10.8 Å². The van der Waals surface area contributed by atoms with Crippen LogP contribution >= 0.6 is 11.3 Å². The van der Waals surface area contributed by atoms with Gasteiger partial charge in [-0.25, -0.2) is 13.4 Å². The molecule has 0 spiro atoms. The van der Waals surface area contributed by atoms with Crippen LogP contribution in [0.25, 0.3) is 10.2 Å². The van der Waals surface area contributed by atoms with E-state index in [1.165, 1.54) is 33.3 Å². The van der Waals surface area contributed by atoms with Gasteiger partial charge in [-0.3, -0.25) is 14.6 Å². The van der Waals surface area contributed by atoms with Crippen molar-refractivity contribution in [2.24, 2.45) is 0 Å². The second-order valence-corrected chi connectivity index (χ2v) is 12.0. The smallest absolute Gasteiger partial charge is 0.260 e. The minimum Gasteiger partial charge on any atom is -0.379 e. The molecule has 1 amide bonds. The number of hydrogen-bond acceptors (Lipinski definition) is 7. The molecule has 3 aromatic rings. The molecule has 0 aliphatic carbocycles. The van der Waals surface area contributed by atoms with Crippen molar-refractivity contribution in [2.45, 2.75) is 38.5 Å². The normalized spacial score (nSPS) is 14.9. The summed E-state index contributed by atoms with van der Waals surface area (Å²) in [6, 6.07) is 12.5. The van der Waals surface area contributed by atoms with Crippen LogP contribution in [-0.4, -0.2) is 81.0 Å². The van der Waals surface area contributed by atoms with Crippen LogP contribution < -0.4 is 4.90 Å². The molecule has 200 valence electrons. The summed E-state index contributed by atoms with van der Waals surface area (Å²) in [6.45, 7) is 11.2. The Labute approximate surface area is 223 Å². The molecule has 1 aromatic heterocycles. The average molecular weight is 545 g/mol. The summed E-state index contributed by atoms with van der Waals surface area (Å²) in [5.74, 6) is -0.177. The minimum absolute atomic E-state index is 0.177. The van der Waals surface area contributed by atoms with Crippen LogP contribution in [-0.2, 0) is 21.2 Å². The summed E-state index contributed by atoms with van der Waals surface area (Å²) >= 11 is 1.52. The van der Waals surface area contributed by atoms with Crippen LogP contribution in [0.1, 0.15) is 43.1 Å². The van der Waals surface area contributed by atoms with E-state index < -0.39 is 10.0 Å². The fourth-order valence-electron chi connectivity index (χ4n) is 4.49. The first-order valence-corrected chi connectivity index (χ1v) is 15.2. The first kappa shape index (κ1) is 27.7. The lowest BCUT2D eigenvalue weighted by molar-refractivity contribution is 0.0376. The van der Waals surface area contributed by atoms with Crippen LogP contribution in [0.3, 0.4) is 0 Å².